The van der Waals surface area contributed by atoms with Gasteiger partial charge in [0.15, 0.2) is 0 Å². The van der Waals surface area contributed by atoms with E-state index in [0.717, 1.165) is 11.1 Å². The number of carbonyl (C=O) groups excluding carboxylic acids is 1. The minimum atomic E-state index is -0.373. The predicted molar refractivity (Wildman–Crippen MR) is 57.1 cm³/mol. The summed E-state index contributed by atoms with van der Waals surface area (Å²) >= 11 is 5.95. The molecule has 0 aromatic heterocycles. The minimum absolute atomic E-state index is 0.373. The van der Waals surface area contributed by atoms with Gasteiger partial charge in [0.25, 0.3) is 0 Å². The zero-order valence-corrected chi connectivity index (χ0v) is 8.84. The molecule has 1 aromatic rings. The summed E-state index contributed by atoms with van der Waals surface area (Å²) in [4.78, 5) is 11.0. The Morgan fingerprint density at radius 3 is 2.64 bits per heavy atom. The van der Waals surface area contributed by atoms with E-state index in [1.807, 2.05) is 25.1 Å². The minimum Gasteiger partial charge on any atom is -0.466 e. The lowest BCUT2D eigenvalue weighted by Gasteiger charge is -2.03. The van der Waals surface area contributed by atoms with Crippen molar-refractivity contribution in [3.8, 4) is 0 Å². The summed E-state index contributed by atoms with van der Waals surface area (Å²) in [5.41, 5.74) is 1.64. The van der Waals surface area contributed by atoms with Crippen LogP contribution in [0.15, 0.2) is 30.3 Å². The Morgan fingerprint density at radius 1 is 1.43 bits per heavy atom. The summed E-state index contributed by atoms with van der Waals surface area (Å²) in [5.74, 6) is -0.373. The van der Waals surface area contributed by atoms with E-state index in [1.165, 1.54) is 13.2 Å². The first-order chi connectivity index (χ1) is 6.65. The van der Waals surface area contributed by atoms with Crippen molar-refractivity contribution < 1.29 is 9.53 Å². The highest BCUT2D eigenvalue weighted by molar-refractivity contribution is 6.32. The SMILES string of the molecule is COC(=O)/C=C(\C)c1ccccc1Cl. The second kappa shape index (κ2) is 4.82. The standard InChI is InChI=1S/C11H11ClO2/c1-8(7-11(13)14-2)9-5-3-4-6-10(9)12/h3-7H,1-2H3/b8-7+. The fourth-order valence-corrected chi connectivity index (χ4v) is 1.38. The zero-order valence-electron chi connectivity index (χ0n) is 8.08. The van der Waals surface area contributed by atoms with Crippen LogP contribution in [0.25, 0.3) is 5.57 Å². The molecule has 0 radical (unpaired) electrons. The van der Waals surface area contributed by atoms with Crippen molar-refractivity contribution in [3.05, 3.63) is 40.9 Å². The number of carbonyl (C=O) groups is 1. The number of methoxy groups -OCH3 is 1. The average Bonchev–Trinajstić information content (AvgIpc) is 2.18. The first-order valence-electron chi connectivity index (χ1n) is 4.16. The number of hydrogen-bond donors (Lipinski definition) is 0. The van der Waals surface area contributed by atoms with Crippen LogP contribution in [0, 0.1) is 0 Å². The topological polar surface area (TPSA) is 26.3 Å². The Hall–Kier alpha value is -1.28. The Bertz CT molecular complexity index is 369. The lowest BCUT2D eigenvalue weighted by atomic mass is 10.1. The van der Waals surface area contributed by atoms with E-state index in [0.29, 0.717) is 5.02 Å². The first kappa shape index (κ1) is 10.8. The van der Waals surface area contributed by atoms with Crippen LogP contribution in [0.1, 0.15) is 12.5 Å². The Kier molecular flexibility index (Phi) is 3.72. The molecule has 3 heteroatoms. The molecule has 0 saturated carbocycles. The molecule has 0 amide bonds. The Balaban J connectivity index is 3.00. The van der Waals surface area contributed by atoms with Crippen molar-refractivity contribution in [1.29, 1.82) is 0 Å². The summed E-state index contributed by atoms with van der Waals surface area (Å²) in [6.07, 6.45) is 1.42. The van der Waals surface area contributed by atoms with Crippen molar-refractivity contribution in [2.75, 3.05) is 7.11 Å². The molecule has 1 aromatic carbocycles. The Labute approximate surface area is 88.1 Å². The van der Waals surface area contributed by atoms with E-state index < -0.39 is 0 Å². The van der Waals surface area contributed by atoms with Crippen molar-refractivity contribution >= 4 is 23.1 Å². The van der Waals surface area contributed by atoms with Crippen LogP contribution < -0.4 is 0 Å². The van der Waals surface area contributed by atoms with Crippen LogP contribution in [0.4, 0.5) is 0 Å². The highest BCUT2D eigenvalue weighted by Gasteiger charge is 2.03. The largest absolute Gasteiger partial charge is 0.466 e. The molecule has 0 unspecified atom stereocenters. The molecule has 74 valence electrons. The third kappa shape index (κ3) is 2.60. The van der Waals surface area contributed by atoms with Gasteiger partial charge < -0.3 is 4.74 Å². The molecule has 0 aliphatic carbocycles. The molecule has 0 N–H and O–H groups in total. The maximum atomic E-state index is 11.0. The molecule has 0 aliphatic heterocycles. The van der Waals surface area contributed by atoms with Crippen LogP contribution in [0.3, 0.4) is 0 Å². The fourth-order valence-electron chi connectivity index (χ4n) is 1.09. The van der Waals surface area contributed by atoms with Crippen molar-refractivity contribution in [3.63, 3.8) is 0 Å². The summed E-state index contributed by atoms with van der Waals surface area (Å²) in [6.45, 7) is 1.82. The van der Waals surface area contributed by atoms with Crippen LogP contribution in [-0.2, 0) is 9.53 Å². The second-order valence-electron chi connectivity index (χ2n) is 2.83. The lowest BCUT2D eigenvalue weighted by Crippen LogP contribution is -1.95. The summed E-state index contributed by atoms with van der Waals surface area (Å²) in [5, 5.41) is 0.630. The molecular formula is C11H11ClO2. The number of rotatable bonds is 2. The van der Waals surface area contributed by atoms with Gasteiger partial charge in [-0.2, -0.15) is 0 Å². The van der Waals surface area contributed by atoms with Gasteiger partial charge in [0.2, 0.25) is 0 Å². The van der Waals surface area contributed by atoms with Gasteiger partial charge >= 0.3 is 5.97 Å². The summed E-state index contributed by atoms with van der Waals surface area (Å²) in [6, 6.07) is 7.36. The molecule has 0 spiro atoms. The third-order valence-electron chi connectivity index (χ3n) is 1.83. The third-order valence-corrected chi connectivity index (χ3v) is 2.16. The highest BCUT2D eigenvalue weighted by Crippen LogP contribution is 2.22. The lowest BCUT2D eigenvalue weighted by molar-refractivity contribution is -0.134. The zero-order chi connectivity index (χ0) is 10.6. The van der Waals surface area contributed by atoms with Gasteiger partial charge in [-0.1, -0.05) is 29.8 Å². The second-order valence-corrected chi connectivity index (χ2v) is 3.24. The summed E-state index contributed by atoms with van der Waals surface area (Å²) in [7, 11) is 1.35. The molecule has 0 saturated heterocycles. The van der Waals surface area contributed by atoms with Crippen molar-refractivity contribution in [2.24, 2.45) is 0 Å². The molecule has 0 bridgehead atoms. The molecule has 14 heavy (non-hydrogen) atoms. The molecule has 0 heterocycles. The van der Waals surface area contributed by atoms with Crippen molar-refractivity contribution in [2.45, 2.75) is 6.92 Å². The van der Waals surface area contributed by atoms with Crippen LogP contribution in [0.2, 0.25) is 5.02 Å². The predicted octanol–water partition coefficient (Wildman–Crippen LogP) is 2.92. The Morgan fingerprint density at radius 2 is 2.07 bits per heavy atom. The molecule has 0 aliphatic rings. The van der Waals surface area contributed by atoms with Gasteiger partial charge in [-0.3, -0.25) is 0 Å². The van der Waals surface area contributed by atoms with E-state index in [9.17, 15) is 4.79 Å². The van der Waals surface area contributed by atoms with Crippen LogP contribution in [0.5, 0.6) is 0 Å². The number of halogens is 1. The average molecular weight is 211 g/mol. The van der Waals surface area contributed by atoms with E-state index in [1.54, 1.807) is 6.07 Å². The van der Waals surface area contributed by atoms with E-state index in [2.05, 4.69) is 4.74 Å². The van der Waals surface area contributed by atoms with Gasteiger partial charge in [0.05, 0.1) is 7.11 Å². The molecule has 0 fully saturated rings. The number of esters is 1. The maximum absolute atomic E-state index is 11.0. The highest BCUT2D eigenvalue weighted by atomic mass is 35.5. The maximum Gasteiger partial charge on any atom is 0.330 e. The van der Waals surface area contributed by atoms with Gasteiger partial charge in [0, 0.05) is 11.1 Å². The van der Waals surface area contributed by atoms with Gasteiger partial charge in [-0.25, -0.2) is 4.79 Å². The van der Waals surface area contributed by atoms with E-state index in [4.69, 9.17) is 11.6 Å². The van der Waals surface area contributed by atoms with E-state index in [-0.39, 0.29) is 5.97 Å². The number of allylic oxidation sites excluding steroid dienone is 1. The molecule has 1 rings (SSSR count). The fraction of sp³-hybridized carbons (Fsp3) is 0.182. The number of hydrogen-bond acceptors (Lipinski definition) is 2. The summed E-state index contributed by atoms with van der Waals surface area (Å²) < 4.78 is 4.52. The molecular weight excluding hydrogens is 200 g/mol. The van der Waals surface area contributed by atoms with E-state index >= 15 is 0 Å². The molecule has 0 atom stereocenters. The normalized spacial score (nSPS) is 11.2. The van der Waals surface area contributed by atoms with Gasteiger partial charge in [-0.05, 0) is 24.1 Å². The van der Waals surface area contributed by atoms with Crippen LogP contribution >= 0.6 is 11.6 Å². The monoisotopic (exact) mass is 210 g/mol. The molecule has 2 nitrogen and oxygen atoms in total. The van der Waals surface area contributed by atoms with Crippen LogP contribution in [-0.4, -0.2) is 13.1 Å². The van der Waals surface area contributed by atoms with Crippen molar-refractivity contribution in [1.82, 2.24) is 0 Å². The van der Waals surface area contributed by atoms with Gasteiger partial charge in [0.1, 0.15) is 0 Å². The first-order valence-corrected chi connectivity index (χ1v) is 4.54. The number of benzene rings is 1. The smallest absolute Gasteiger partial charge is 0.330 e. The van der Waals surface area contributed by atoms with Gasteiger partial charge in [-0.15, -0.1) is 0 Å². The number of ether oxygens (including phenoxy) is 1. The quantitative estimate of drug-likeness (QED) is 0.554.